The van der Waals surface area contributed by atoms with Gasteiger partial charge in [-0.3, -0.25) is 4.79 Å². The molecule has 5 nitrogen and oxygen atoms in total. The Bertz CT molecular complexity index is 890. The van der Waals surface area contributed by atoms with Gasteiger partial charge in [0.15, 0.2) is 0 Å². The highest BCUT2D eigenvalue weighted by Crippen LogP contribution is 2.35. The van der Waals surface area contributed by atoms with Gasteiger partial charge >= 0.3 is 0 Å². The predicted octanol–water partition coefficient (Wildman–Crippen LogP) is 2.58. The third-order valence-electron chi connectivity index (χ3n) is 2.99. The van der Waals surface area contributed by atoms with E-state index in [1.165, 1.54) is 12.1 Å². The summed E-state index contributed by atoms with van der Waals surface area (Å²) in [6, 6.07) is 6.29. The molecule has 104 valence electrons. The largest absolute Gasteiger partial charge is 0.384 e. The van der Waals surface area contributed by atoms with Crippen LogP contribution in [0.3, 0.4) is 0 Å². The summed E-state index contributed by atoms with van der Waals surface area (Å²) in [5, 5.41) is 18.4. The van der Waals surface area contributed by atoms with E-state index < -0.39 is 11.4 Å². The van der Waals surface area contributed by atoms with E-state index in [-0.39, 0.29) is 22.5 Å². The maximum Gasteiger partial charge on any atom is 0.268 e. The van der Waals surface area contributed by atoms with Crippen LogP contribution in [0.15, 0.2) is 21.4 Å². The van der Waals surface area contributed by atoms with Crippen molar-refractivity contribution in [1.29, 1.82) is 10.5 Å². The maximum atomic E-state index is 13.5. The van der Waals surface area contributed by atoms with Gasteiger partial charge < -0.3 is 10.7 Å². The number of hydrogen-bond donors (Lipinski definition) is 2. The molecule has 2 aromatic rings. The fraction of sp³-hybridized carbons (Fsp3) is 0.0714. The summed E-state index contributed by atoms with van der Waals surface area (Å²) in [6.07, 6.45) is 0. The molecular formula is C14H8BrFN4O. The highest BCUT2D eigenvalue weighted by Gasteiger charge is 2.20. The molecule has 0 unspecified atom stereocenters. The lowest BCUT2D eigenvalue weighted by molar-refractivity contribution is 0.618. The highest BCUT2D eigenvalue weighted by molar-refractivity contribution is 9.10. The Morgan fingerprint density at radius 2 is 1.90 bits per heavy atom. The van der Waals surface area contributed by atoms with Crippen LogP contribution in [0.2, 0.25) is 0 Å². The van der Waals surface area contributed by atoms with Gasteiger partial charge in [-0.2, -0.15) is 10.5 Å². The number of aromatic amines is 1. The number of benzene rings is 1. The summed E-state index contributed by atoms with van der Waals surface area (Å²) in [5.74, 6) is -0.578. The van der Waals surface area contributed by atoms with Crippen molar-refractivity contribution in [2.45, 2.75) is 6.92 Å². The minimum absolute atomic E-state index is 0.0298. The first-order chi connectivity index (χ1) is 9.90. The standard InChI is InChI=1S/C14H8BrFN4O/c1-6-2-7(10(15)3-11(6)16)12-8(4-17)13(19)20-14(21)9(12)5-18/h2-3H,1H3,(H3,19,20,21). The van der Waals surface area contributed by atoms with Crippen LogP contribution in [-0.2, 0) is 0 Å². The van der Waals surface area contributed by atoms with E-state index in [1.54, 1.807) is 13.0 Å². The molecule has 1 aromatic heterocycles. The summed E-state index contributed by atoms with van der Waals surface area (Å²) >= 11 is 3.18. The van der Waals surface area contributed by atoms with E-state index in [0.717, 1.165) is 0 Å². The molecule has 1 heterocycles. The molecule has 0 saturated heterocycles. The molecule has 7 heteroatoms. The average molecular weight is 347 g/mol. The number of nitrogens with two attached hydrogens (primary N) is 1. The smallest absolute Gasteiger partial charge is 0.268 e. The summed E-state index contributed by atoms with van der Waals surface area (Å²) in [5.41, 5.74) is 5.44. The second-order valence-corrected chi connectivity index (χ2v) is 5.15. The number of halogens is 2. The van der Waals surface area contributed by atoms with Gasteiger partial charge in [-0.15, -0.1) is 0 Å². The Labute approximate surface area is 127 Å². The number of pyridine rings is 1. The molecule has 0 bridgehead atoms. The van der Waals surface area contributed by atoms with E-state index in [4.69, 9.17) is 5.73 Å². The lowest BCUT2D eigenvalue weighted by atomic mass is 9.95. The average Bonchev–Trinajstić information content (AvgIpc) is 2.42. The predicted molar refractivity (Wildman–Crippen MR) is 78.7 cm³/mol. The van der Waals surface area contributed by atoms with E-state index in [1.807, 2.05) is 6.07 Å². The van der Waals surface area contributed by atoms with E-state index in [2.05, 4.69) is 20.9 Å². The number of hydrogen-bond acceptors (Lipinski definition) is 4. The SMILES string of the molecule is Cc1cc(-c2c(C#N)c(N)[nH]c(=O)c2C#N)c(Br)cc1F. The summed E-state index contributed by atoms with van der Waals surface area (Å²) in [4.78, 5) is 14.1. The number of rotatable bonds is 1. The van der Waals surface area contributed by atoms with Crippen LogP contribution < -0.4 is 11.3 Å². The van der Waals surface area contributed by atoms with Gasteiger partial charge in [-0.05, 0) is 30.2 Å². The molecule has 0 radical (unpaired) electrons. The van der Waals surface area contributed by atoms with E-state index in [9.17, 15) is 19.7 Å². The van der Waals surface area contributed by atoms with Crippen molar-refractivity contribution < 1.29 is 4.39 Å². The zero-order chi connectivity index (χ0) is 15.7. The second kappa shape index (κ2) is 5.39. The number of nitrogen functional groups attached to an aromatic ring is 1. The summed E-state index contributed by atoms with van der Waals surface area (Å²) in [6.45, 7) is 1.54. The Kier molecular flexibility index (Phi) is 3.79. The third-order valence-corrected chi connectivity index (χ3v) is 3.64. The fourth-order valence-electron chi connectivity index (χ4n) is 1.96. The molecular weight excluding hydrogens is 339 g/mol. The minimum Gasteiger partial charge on any atom is -0.384 e. The normalized spacial score (nSPS) is 9.95. The molecule has 1 aromatic carbocycles. The van der Waals surface area contributed by atoms with Gasteiger partial charge in [0.1, 0.15) is 34.9 Å². The van der Waals surface area contributed by atoms with Crippen LogP contribution in [0.4, 0.5) is 10.2 Å². The van der Waals surface area contributed by atoms with Crippen molar-refractivity contribution in [3.63, 3.8) is 0 Å². The van der Waals surface area contributed by atoms with Gasteiger partial charge in [-0.25, -0.2) is 4.39 Å². The van der Waals surface area contributed by atoms with Crippen molar-refractivity contribution in [2.24, 2.45) is 0 Å². The maximum absolute atomic E-state index is 13.5. The molecule has 0 atom stereocenters. The molecule has 0 spiro atoms. The summed E-state index contributed by atoms with van der Waals surface area (Å²) < 4.78 is 13.9. The van der Waals surface area contributed by atoms with E-state index >= 15 is 0 Å². The first kappa shape index (κ1) is 14.8. The van der Waals surface area contributed by atoms with Crippen LogP contribution in [0.25, 0.3) is 11.1 Å². The van der Waals surface area contributed by atoms with Crippen molar-refractivity contribution in [3.05, 3.63) is 49.5 Å². The zero-order valence-corrected chi connectivity index (χ0v) is 12.4. The Hall–Kier alpha value is -2.64. The molecule has 21 heavy (non-hydrogen) atoms. The number of nitriles is 2. The number of aryl methyl sites for hydroxylation is 1. The molecule has 0 aliphatic rings. The lowest BCUT2D eigenvalue weighted by Crippen LogP contribution is -2.16. The van der Waals surface area contributed by atoms with Gasteiger partial charge in [0.05, 0.1) is 0 Å². The Balaban J connectivity index is 3.00. The molecule has 0 aliphatic heterocycles. The number of H-pyrrole nitrogens is 1. The topological polar surface area (TPSA) is 106 Å². The van der Waals surface area contributed by atoms with Gasteiger partial charge in [0, 0.05) is 10.0 Å². The van der Waals surface area contributed by atoms with Crippen LogP contribution >= 0.6 is 15.9 Å². The van der Waals surface area contributed by atoms with Crippen LogP contribution in [0, 0.1) is 35.4 Å². The van der Waals surface area contributed by atoms with Gasteiger partial charge in [0.2, 0.25) is 0 Å². The molecule has 0 amide bonds. The number of nitrogens with zero attached hydrogens (tertiary/aromatic N) is 2. The molecule has 2 rings (SSSR count). The molecule has 0 aliphatic carbocycles. The van der Waals surface area contributed by atoms with Gasteiger partial charge in [-0.1, -0.05) is 15.9 Å². The summed E-state index contributed by atoms with van der Waals surface area (Å²) in [7, 11) is 0. The van der Waals surface area contributed by atoms with Gasteiger partial charge in [0.25, 0.3) is 5.56 Å². The number of aromatic nitrogens is 1. The molecule has 0 fully saturated rings. The highest BCUT2D eigenvalue weighted by atomic mass is 79.9. The van der Waals surface area contributed by atoms with Crippen molar-refractivity contribution >= 4 is 21.7 Å². The van der Waals surface area contributed by atoms with Crippen LogP contribution in [-0.4, -0.2) is 4.98 Å². The fourth-order valence-corrected chi connectivity index (χ4v) is 2.48. The quantitative estimate of drug-likeness (QED) is 0.827. The van der Waals surface area contributed by atoms with Crippen molar-refractivity contribution in [3.8, 4) is 23.3 Å². The second-order valence-electron chi connectivity index (χ2n) is 4.30. The number of anilines is 1. The molecule has 0 saturated carbocycles. The minimum atomic E-state index is -0.696. The van der Waals surface area contributed by atoms with Crippen LogP contribution in [0.5, 0.6) is 0 Å². The molecule has 3 N–H and O–H groups in total. The van der Waals surface area contributed by atoms with Crippen molar-refractivity contribution in [2.75, 3.05) is 5.73 Å². The van der Waals surface area contributed by atoms with Crippen LogP contribution in [0.1, 0.15) is 16.7 Å². The monoisotopic (exact) mass is 346 g/mol. The number of nitrogens with one attached hydrogen (secondary N) is 1. The zero-order valence-electron chi connectivity index (χ0n) is 10.8. The first-order valence-electron chi connectivity index (χ1n) is 5.72. The Morgan fingerprint density at radius 1 is 1.29 bits per heavy atom. The third kappa shape index (κ3) is 2.39. The first-order valence-corrected chi connectivity index (χ1v) is 6.52. The van der Waals surface area contributed by atoms with Crippen molar-refractivity contribution in [1.82, 2.24) is 4.98 Å². The van der Waals surface area contributed by atoms with E-state index in [0.29, 0.717) is 15.6 Å². The lowest BCUT2D eigenvalue weighted by Gasteiger charge is -2.11. The Morgan fingerprint density at radius 3 is 2.48 bits per heavy atom.